The number of nitrogens with one attached hydrogen (secondary N) is 1. The van der Waals surface area contributed by atoms with Crippen molar-refractivity contribution >= 4 is 33.7 Å². The Morgan fingerprint density at radius 3 is 2.55 bits per heavy atom. The van der Waals surface area contributed by atoms with Gasteiger partial charge in [0.15, 0.2) is 5.78 Å². The lowest BCUT2D eigenvalue weighted by Gasteiger charge is -2.05. The number of carbonyl (C=O) groups is 2. The minimum Gasteiger partial charge on any atom is -0.397 e. The Morgan fingerprint density at radius 1 is 1.30 bits per heavy atom. The van der Waals surface area contributed by atoms with Gasteiger partial charge in [-0.15, -0.1) is 11.3 Å². The molecule has 0 bridgehead atoms. The smallest absolute Gasteiger partial charge is 0.253 e. The van der Waals surface area contributed by atoms with Crippen molar-refractivity contribution in [1.29, 1.82) is 0 Å². The lowest BCUT2D eigenvalue weighted by Crippen LogP contribution is -2.15. The van der Waals surface area contributed by atoms with Gasteiger partial charge in [-0.25, -0.2) is 0 Å². The number of anilines is 2. The Labute approximate surface area is 122 Å². The summed E-state index contributed by atoms with van der Waals surface area (Å²) in [5.74, 6) is -0.781. The van der Waals surface area contributed by atoms with E-state index < -0.39 is 5.91 Å². The van der Waals surface area contributed by atoms with Gasteiger partial charge in [-0.1, -0.05) is 0 Å². The summed E-state index contributed by atoms with van der Waals surface area (Å²) in [5, 5.41) is 3.71. The predicted octanol–water partition coefficient (Wildman–Crippen LogP) is 1.86. The Morgan fingerprint density at radius 2 is 2.00 bits per heavy atom. The summed E-state index contributed by atoms with van der Waals surface area (Å²) in [6, 6.07) is 0. The van der Waals surface area contributed by atoms with Crippen LogP contribution in [0.15, 0.2) is 0 Å². The molecule has 0 spiro atoms. The van der Waals surface area contributed by atoms with Crippen molar-refractivity contribution < 1.29 is 14.3 Å². The Bertz CT molecular complexity index is 485. The topological polar surface area (TPSA) is 107 Å². The molecular weight excluding hydrogens is 278 g/mol. The normalized spacial score (nSPS) is 10.5. The molecule has 0 radical (unpaired) electrons. The predicted molar refractivity (Wildman–Crippen MR) is 81.5 cm³/mol. The number of Topliss-reactive ketones (excluding diaryl/α,β-unsaturated/α-hetero) is 1. The van der Waals surface area contributed by atoms with Gasteiger partial charge >= 0.3 is 0 Å². The van der Waals surface area contributed by atoms with Crippen LogP contribution in [0.2, 0.25) is 0 Å². The highest BCUT2D eigenvalue weighted by atomic mass is 32.1. The van der Waals surface area contributed by atoms with E-state index in [-0.39, 0.29) is 17.0 Å². The third kappa shape index (κ3) is 4.21. The maximum atomic E-state index is 11.4. The fourth-order valence-corrected chi connectivity index (χ4v) is 2.87. The number of ether oxygens (including phenoxy) is 1. The molecule has 0 aliphatic carbocycles. The van der Waals surface area contributed by atoms with Gasteiger partial charge in [0, 0.05) is 27.2 Å². The van der Waals surface area contributed by atoms with Gasteiger partial charge in [0.25, 0.3) is 5.91 Å². The quantitative estimate of drug-likeness (QED) is 0.476. The van der Waals surface area contributed by atoms with Crippen LogP contribution in [-0.2, 0) is 4.74 Å². The van der Waals surface area contributed by atoms with Crippen LogP contribution in [0.4, 0.5) is 10.7 Å². The second-order valence-corrected chi connectivity index (χ2v) is 5.47. The van der Waals surface area contributed by atoms with E-state index in [0.29, 0.717) is 16.4 Å². The number of unbranched alkanes of at least 4 members (excludes halogenated alkanes) is 2. The van der Waals surface area contributed by atoms with Gasteiger partial charge in [0.05, 0.1) is 16.1 Å². The second kappa shape index (κ2) is 7.86. The van der Waals surface area contributed by atoms with E-state index in [2.05, 4.69) is 5.32 Å². The van der Waals surface area contributed by atoms with Crippen molar-refractivity contribution in [3.05, 3.63) is 10.4 Å². The van der Waals surface area contributed by atoms with Crippen LogP contribution in [0.3, 0.4) is 0 Å². The molecule has 5 N–H and O–H groups in total. The lowest BCUT2D eigenvalue weighted by atomic mass is 10.2. The molecule has 1 aromatic heterocycles. The molecule has 1 amide bonds. The van der Waals surface area contributed by atoms with Crippen molar-refractivity contribution in [2.24, 2.45) is 5.73 Å². The monoisotopic (exact) mass is 299 g/mol. The van der Waals surface area contributed by atoms with E-state index in [1.807, 2.05) is 0 Å². The molecule has 6 nitrogen and oxygen atoms in total. The van der Waals surface area contributed by atoms with Gasteiger partial charge in [0.1, 0.15) is 5.00 Å². The first-order valence-electron chi connectivity index (χ1n) is 6.44. The number of hydrogen-bond donors (Lipinski definition) is 3. The van der Waals surface area contributed by atoms with Crippen molar-refractivity contribution in [2.45, 2.75) is 26.2 Å². The molecule has 0 unspecified atom stereocenters. The molecule has 0 aromatic carbocycles. The lowest BCUT2D eigenvalue weighted by molar-refractivity contribution is 0.100. The van der Waals surface area contributed by atoms with Crippen molar-refractivity contribution in [2.75, 3.05) is 31.3 Å². The van der Waals surface area contributed by atoms with Crippen LogP contribution in [-0.4, -0.2) is 32.0 Å². The van der Waals surface area contributed by atoms with Gasteiger partial charge in [-0.05, 0) is 19.3 Å². The SMILES string of the molecule is COCCCCCNc1sc(C(C)=O)c(N)c1C(N)=O. The average molecular weight is 299 g/mol. The molecule has 0 aliphatic heterocycles. The highest BCUT2D eigenvalue weighted by molar-refractivity contribution is 7.19. The number of carbonyl (C=O) groups excluding carboxylic acids is 2. The van der Waals surface area contributed by atoms with Crippen LogP contribution in [0.5, 0.6) is 0 Å². The number of hydrogen-bond acceptors (Lipinski definition) is 6. The molecule has 0 saturated heterocycles. The Hall–Kier alpha value is -1.60. The summed E-state index contributed by atoms with van der Waals surface area (Å²) in [4.78, 5) is 23.2. The number of thiophene rings is 1. The number of primary amides is 1. The molecule has 1 rings (SSSR count). The fraction of sp³-hybridized carbons (Fsp3) is 0.538. The van der Waals surface area contributed by atoms with Gasteiger partial charge < -0.3 is 21.5 Å². The molecule has 1 heterocycles. The zero-order valence-corrected chi connectivity index (χ0v) is 12.6. The molecule has 112 valence electrons. The number of rotatable bonds is 9. The Kier molecular flexibility index (Phi) is 6.47. The maximum Gasteiger partial charge on any atom is 0.253 e. The van der Waals surface area contributed by atoms with E-state index in [4.69, 9.17) is 16.2 Å². The molecule has 0 aliphatic rings. The van der Waals surface area contributed by atoms with Gasteiger partial charge in [0.2, 0.25) is 0 Å². The maximum absolute atomic E-state index is 11.4. The fourth-order valence-electron chi connectivity index (χ4n) is 1.82. The first kappa shape index (κ1) is 16.5. The van der Waals surface area contributed by atoms with Gasteiger partial charge in [-0.2, -0.15) is 0 Å². The average Bonchev–Trinajstić information content (AvgIpc) is 2.71. The van der Waals surface area contributed by atoms with Crippen LogP contribution >= 0.6 is 11.3 Å². The molecule has 0 fully saturated rings. The number of nitrogen functional groups attached to an aromatic ring is 1. The third-order valence-electron chi connectivity index (χ3n) is 2.82. The molecule has 7 heteroatoms. The summed E-state index contributed by atoms with van der Waals surface area (Å²) < 4.78 is 4.97. The van der Waals surface area contributed by atoms with E-state index in [1.165, 1.54) is 18.3 Å². The zero-order chi connectivity index (χ0) is 15.1. The van der Waals surface area contributed by atoms with Crippen molar-refractivity contribution in [3.8, 4) is 0 Å². The second-order valence-electron chi connectivity index (χ2n) is 4.45. The van der Waals surface area contributed by atoms with Gasteiger partial charge in [-0.3, -0.25) is 9.59 Å². The van der Waals surface area contributed by atoms with Crippen LogP contribution < -0.4 is 16.8 Å². The van der Waals surface area contributed by atoms with Crippen LogP contribution in [0.25, 0.3) is 0 Å². The summed E-state index contributed by atoms with van der Waals surface area (Å²) in [7, 11) is 1.68. The van der Waals surface area contributed by atoms with E-state index in [1.54, 1.807) is 7.11 Å². The zero-order valence-electron chi connectivity index (χ0n) is 11.8. The van der Waals surface area contributed by atoms with Crippen LogP contribution in [0, 0.1) is 0 Å². The highest BCUT2D eigenvalue weighted by Crippen LogP contribution is 2.35. The van der Waals surface area contributed by atoms with Crippen LogP contribution in [0.1, 0.15) is 46.2 Å². The molecule has 0 saturated carbocycles. The Balaban J connectivity index is 2.67. The molecule has 1 aromatic rings. The molecular formula is C13H21N3O3S. The summed E-state index contributed by atoms with van der Waals surface area (Å²) >= 11 is 1.18. The van der Waals surface area contributed by atoms with Crippen molar-refractivity contribution in [1.82, 2.24) is 0 Å². The first-order chi connectivity index (χ1) is 9.49. The number of amides is 1. The van der Waals surface area contributed by atoms with Crippen molar-refractivity contribution in [3.63, 3.8) is 0 Å². The minimum absolute atomic E-state index is 0.164. The summed E-state index contributed by atoms with van der Waals surface area (Å²) in [5.41, 5.74) is 11.5. The van der Waals surface area contributed by atoms with E-state index in [9.17, 15) is 9.59 Å². The summed E-state index contributed by atoms with van der Waals surface area (Å²) in [6.07, 6.45) is 2.95. The highest BCUT2D eigenvalue weighted by Gasteiger charge is 2.21. The van der Waals surface area contributed by atoms with E-state index >= 15 is 0 Å². The standard InChI is InChI=1S/C13H21N3O3S/c1-8(17)11-10(14)9(12(15)18)13(20-11)16-6-4-3-5-7-19-2/h16H,3-7,14H2,1-2H3,(H2,15,18). The number of ketones is 1. The largest absolute Gasteiger partial charge is 0.397 e. The molecule has 0 atom stereocenters. The number of nitrogens with two attached hydrogens (primary N) is 2. The molecule has 20 heavy (non-hydrogen) atoms. The number of methoxy groups -OCH3 is 1. The first-order valence-corrected chi connectivity index (χ1v) is 7.26. The van der Waals surface area contributed by atoms with E-state index in [0.717, 1.165) is 25.9 Å². The minimum atomic E-state index is -0.617. The third-order valence-corrected chi connectivity index (χ3v) is 4.09. The summed E-state index contributed by atoms with van der Waals surface area (Å²) in [6.45, 7) is 2.86.